The number of ether oxygens (including phenoxy) is 1. The van der Waals surface area contributed by atoms with Gasteiger partial charge < -0.3 is 14.5 Å². The third-order valence-electron chi connectivity index (χ3n) is 3.50. The first-order chi connectivity index (χ1) is 10.5. The molecule has 1 aromatic carbocycles. The molecule has 1 heterocycles. The zero-order valence-corrected chi connectivity index (χ0v) is 11.9. The molecule has 8 heteroatoms. The Morgan fingerprint density at radius 1 is 1.50 bits per heavy atom. The van der Waals surface area contributed by atoms with Crippen molar-refractivity contribution in [2.24, 2.45) is 0 Å². The normalized spacial score (nSPS) is 15.4. The number of hydrogen-bond acceptors (Lipinski definition) is 5. The van der Waals surface area contributed by atoms with Crippen LogP contribution in [0, 0.1) is 10.1 Å². The summed E-state index contributed by atoms with van der Waals surface area (Å²) in [6.45, 7) is 0. The SMILES string of the molecule is COC(=O)c1cncn1C1CCc2ccccc21.O=[N+]([O-])O. The number of nitrogens with zero attached hydrogens (tertiary/aromatic N) is 3. The largest absolute Gasteiger partial charge is 0.464 e. The molecule has 1 aliphatic carbocycles. The Labute approximate surface area is 126 Å². The molecule has 116 valence electrons. The van der Waals surface area contributed by atoms with Gasteiger partial charge in [0, 0.05) is 0 Å². The fraction of sp³-hybridized carbons (Fsp3) is 0.286. The molecule has 0 amide bonds. The van der Waals surface area contributed by atoms with Crippen LogP contribution >= 0.6 is 0 Å². The van der Waals surface area contributed by atoms with E-state index in [1.807, 2.05) is 10.6 Å². The number of rotatable bonds is 2. The standard InChI is InChI=1S/C14H14N2O2.HNO3/c1-18-14(17)13-8-15-9-16(13)12-7-6-10-4-2-3-5-11(10)12;2-1(3)4/h2-5,8-9,12H,6-7H2,1H3;(H,2,3,4). The molecule has 3 rings (SSSR count). The molecule has 1 aliphatic rings. The van der Waals surface area contributed by atoms with Crippen molar-refractivity contribution < 1.29 is 19.8 Å². The van der Waals surface area contributed by atoms with Gasteiger partial charge in [0.05, 0.1) is 25.7 Å². The molecular weight excluding hydrogens is 290 g/mol. The summed E-state index contributed by atoms with van der Waals surface area (Å²) < 4.78 is 6.70. The van der Waals surface area contributed by atoms with E-state index in [4.69, 9.17) is 20.1 Å². The molecule has 0 spiro atoms. The van der Waals surface area contributed by atoms with Crippen LogP contribution in [-0.4, -0.2) is 32.9 Å². The molecule has 0 saturated carbocycles. The average Bonchev–Trinajstić information content (AvgIpc) is 3.11. The number of aryl methyl sites for hydroxylation is 1. The van der Waals surface area contributed by atoms with Gasteiger partial charge in [0.2, 0.25) is 0 Å². The van der Waals surface area contributed by atoms with Crippen molar-refractivity contribution >= 4 is 5.97 Å². The molecule has 8 nitrogen and oxygen atoms in total. The summed E-state index contributed by atoms with van der Waals surface area (Å²) in [6, 6.07) is 8.54. The Kier molecular flexibility index (Phi) is 4.72. The topological polar surface area (TPSA) is 107 Å². The van der Waals surface area contributed by atoms with Crippen LogP contribution in [0.15, 0.2) is 36.8 Å². The lowest BCUT2D eigenvalue weighted by Crippen LogP contribution is -2.14. The molecule has 0 bridgehead atoms. The highest BCUT2D eigenvalue weighted by Crippen LogP contribution is 2.34. The molecular formula is C14H15N3O5. The number of benzene rings is 1. The summed E-state index contributed by atoms with van der Waals surface area (Å²) >= 11 is 0. The number of methoxy groups -OCH3 is 1. The molecule has 0 radical (unpaired) electrons. The quantitative estimate of drug-likeness (QED) is 0.515. The zero-order chi connectivity index (χ0) is 16.1. The van der Waals surface area contributed by atoms with E-state index >= 15 is 0 Å². The minimum Gasteiger partial charge on any atom is -0.464 e. The first-order valence-corrected chi connectivity index (χ1v) is 6.55. The maximum Gasteiger partial charge on any atom is 0.356 e. The van der Waals surface area contributed by atoms with Crippen LogP contribution in [0.5, 0.6) is 0 Å². The number of esters is 1. The third-order valence-corrected chi connectivity index (χ3v) is 3.50. The summed E-state index contributed by atoms with van der Waals surface area (Å²) in [5, 5.41) is 13.6. The summed E-state index contributed by atoms with van der Waals surface area (Å²) in [6.07, 6.45) is 5.31. The maximum atomic E-state index is 11.7. The minimum atomic E-state index is -1.50. The molecule has 1 atom stereocenters. The van der Waals surface area contributed by atoms with Crippen molar-refractivity contribution in [3.8, 4) is 0 Å². The summed E-state index contributed by atoms with van der Waals surface area (Å²) in [5.74, 6) is -0.336. The van der Waals surface area contributed by atoms with E-state index in [0.29, 0.717) is 5.69 Å². The van der Waals surface area contributed by atoms with Crippen LogP contribution in [0.2, 0.25) is 0 Å². The zero-order valence-electron chi connectivity index (χ0n) is 11.9. The highest BCUT2D eigenvalue weighted by atomic mass is 16.9. The van der Waals surface area contributed by atoms with Crippen molar-refractivity contribution in [3.05, 3.63) is 63.7 Å². The molecule has 0 aliphatic heterocycles. The second kappa shape index (κ2) is 6.70. The van der Waals surface area contributed by atoms with E-state index in [1.165, 1.54) is 18.2 Å². The van der Waals surface area contributed by atoms with Gasteiger partial charge in [-0.3, -0.25) is 0 Å². The van der Waals surface area contributed by atoms with Gasteiger partial charge in [-0.05, 0) is 24.0 Å². The molecule has 1 unspecified atom stereocenters. The predicted octanol–water partition coefficient (Wildman–Crippen LogP) is 1.86. The van der Waals surface area contributed by atoms with Crippen LogP contribution in [0.3, 0.4) is 0 Å². The Morgan fingerprint density at radius 3 is 2.86 bits per heavy atom. The fourth-order valence-electron chi connectivity index (χ4n) is 2.64. The van der Waals surface area contributed by atoms with Crippen molar-refractivity contribution in [2.75, 3.05) is 7.11 Å². The lowest BCUT2D eigenvalue weighted by Gasteiger charge is -2.15. The van der Waals surface area contributed by atoms with Gasteiger partial charge in [-0.15, -0.1) is 10.1 Å². The number of imidazole rings is 1. The molecule has 1 aromatic heterocycles. The Hall–Kier alpha value is -2.90. The van der Waals surface area contributed by atoms with E-state index in [1.54, 1.807) is 12.5 Å². The van der Waals surface area contributed by atoms with Gasteiger partial charge in [0.25, 0.3) is 5.09 Å². The summed E-state index contributed by atoms with van der Waals surface area (Å²) in [5.41, 5.74) is 3.15. The summed E-state index contributed by atoms with van der Waals surface area (Å²) in [7, 11) is 1.39. The lowest BCUT2D eigenvalue weighted by atomic mass is 10.1. The second-order valence-corrected chi connectivity index (χ2v) is 4.67. The Morgan fingerprint density at radius 2 is 2.18 bits per heavy atom. The third kappa shape index (κ3) is 3.22. The van der Waals surface area contributed by atoms with Crippen LogP contribution in [-0.2, 0) is 11.2 Å². The highest BCUT2D eigenvalue weighted by Gasteiger charge is 2.26. The molecule has 2 aromatic rings. The van der Waals surface area contributed by atoms with Crippen molar-refractivity contribution in [2.45, 2.75) is 18.9 Å². The number of hydrogen-bond donors (Lipinski definition) is 1. The lowest BCUT2D eigenvalue weighted by molar-refractivity contribution is -0.742. The van der Waals surface area contributed by atoms with Crippen LogP contribution < -0.4 is 0 Å². The van der Waals surface area contributed by atoms with Crippen molar-refractivity contribution in [1.82, 2.24) is 9.55 Å². The van der Waals surface area contributed by atoms with Crippen LogP contribution in [0.1, 0.15) is 34.1 Å². The van der Waals surface area contributed by atoms with Gasteiger partial charge in [-0.1, -0.05) is 24.3 Å². The number of carbonyl (C=O) groups is 1. The van der Waals surface area contributed by atoms with E-state index < -0.39 is 5.09 Å². The summed E-state index contributed by atoms with van der Waals surface area (Å²) in [4.78, 5) is 24.1. The van der Waals surface area contributed by atoms with E-state index in [-0.39, 0.29) is 12.0 Å². The minimum absolute atomic E-state index is 0.192. The van der Waals surface area contributed by atoms with Crippen LogP contribution in [0.25, 0.3) is 0 Å². The fourth-order valence-corrected chi connectivity index (χ4v) is 2.64. The molecule has 0 fully saturated rings. The number of fused-ring (bicyclic) bond motifs is 1. The molecule has 1 N–H and O–H groups in total. The van der Waals surface area contributed by atoms with Gasteiger partial charge in [-0.2, -0.15) is 0 Å². The van der Waals surface area contributed by atoms with Gasteiger partial charge in [0.1, 0.15) is 5.69 Å². The van der Waals surface area contributed by atoms with Gasteiger partial charge in [0.15, 0.2) is 0 Å². The van der Waals surface area contributed by atoms with Crippen LogP contribution in [0.4, 0.5) is 0 Å². The van der Waals surface area contributed by atoms with E-state index in [0.717, 1.165) is 12.8 Å². The predicted molar refractivity (Wildman–Crippen MR) is 75.2 cm³/mol. The first kappa shape index (κ1) is 15.5. The van der Waals surface area contributed by atoms with Crippen molar-refractivity contribution in [3.63, 3.8) is 0 Å². The van der Waals surface area contributed by atoms with Gasteiger partial charge >= 0.3 is 5.97 Å². The average molecular weight is 305 g/mol. The maximum absolute atomic E-state index is 11.7. The molecule has 22 heavy (non-hydrogen) atoms. The highest BCUT2D eigenvalue weighted by molar-refractivity contribution is 5.87. The monoisotopic (exact) mass is 305 g/mol. The smallest absolute Gasteiger partial charge is 0.356 e. The van der Waals surface area contributed by atoms with E-state index in [2.05, 4.69) is 23.2 Å². The molecule has 0 saturated heterocycles. The van der Waals surface area contributed by atoms with E-state index in [9.17, 15) is 4.79 Å². The first-order valence-electron chi connectivity index (χ1n) is 6.55. The number of aromatic nitrogens is 2. The number of carbonyl (C=O) groups excluding carboxylic acids is 1. The second-order valence-electron chi connectivity index (χ2n) is 4.67. The van der Waals surface area contributed by atoms with Crippen molar-refractivity contribution in [1.29, 1.82) is 0 Å². The Balaban J connectivity index is 0.000000396. The Bertz CT molecular complexity index is 679. The van der Waals surface area contributed by atoms with Gasteiger partial charge in [-0.25, -0.2) is 9.78 Å².